The lowest BCUT2D eigenvalue weighted by atomic mass is 9.90. The molecule has 0 saturated carbocycles. The van der Waals surface area contributed by atoms with E-state index in [1.807, 2.05) is 43.5 Å². The molecule has 0 aliphatic carbocycles. The summed E-state index contributed by atoms with van der Waals surface area (Å²) < 4.78 is 0. The molecule has 0 saturated heterocycles. The average Bonchev–Trinajstić information content (AvgIpc) is 2.39. The Morgan fingerprint density at radius 1 is 1.24 bits per heavy atom. The highest BCUT2D eigenvalue weighted by molar-refractivity contribution is 5.94. The zero-order valence-corrected chi connectivity index (χ0v) is 9.63. The third-order valence-electron chi connectivity index (χ3n) is 2.88. The molecule has 1 aromatic carbocycles. The Hall–Kier alpha value is -2.16. The van der Waals surface area contributed by atoms with Gasteiger partial charge in [-0.05, 0) is 23.3 Å². The Morgan fingerprint density at radius 3 is 2.65 bits per heavy atom. The van der Waals surface area contributed by atoms with Crippen LogP contribution in [0.1, 0.15) is 34.3 Å². The molecule has 0 spiro atoms. The van der Waals surface area contributed by atoms with Crippen LogP contribution in [0.25, 0.3) is 0 Å². The van der Waals surface area contributed by atoms with E-state index in [2.05, 4.69) is 4.98 Å². The number of hydrogen-bond donors (Lipinski definition) is 1. The molecule has 3 heteroatoms. The Morgan fingerprint density at radius 2 is 2.00 bits per heavy atom. The molecule has 0 aliphatic rings. The summed E-state index contributed by atoms with van der Waals surface area (Å²) in [5, 5.41) is 0. The molecule has 1 atom stereocenters. The lowest BCUT2D eigenvalue weighted by molar-refractivity contribution is 0.0999. The highest BCUT2D eigenvalue weighted by Gasteiger charge is 2.14. The molecule has 0 fully saturated rings. The van der Waals surface area contributed by atoms with Crippen molar-refractivity contribution < 1.29 is 4.79 Å². The van der Waals surface area contributed by atoms with Crippen LogP contribution in [0.5, 0.6) is 0 Å². The topological polar surface area (TPSA) is 56.0 Å². The van der Waals surface area contributed by atoms with Crippen molar-refractivity contribution >= 4 is 5.91 Å². The Kier molecular flexibility index (Phi) is 3.19. The Bertz CT molecular complexity index is 523. The van der Waals surface area contributed by atoms with Gasteiger partial charge < -0.3 is 5.73 Å². The molecule has 3 nitrogen and oxygen atoms in total. The SMILES string of the molecule is CC(c1cccnc1)c1ccccc1C(N)=O. The van der Waals surface area contributed by atoms with Gasteiger partial charge in [0.2, 0.25) is 5.91 Å². The van der Waals surface area contributed by atoms with Gasteiger partial charge in [0.05, 0.1) is 0 Å². The number of nitrogens with two attached hydrogens (primary N) is 1. The summed E-state index contributed by atoms with van der Waals surface area (Å²) in [6.07, 6.45) is 3.54. The summed E-state index contributed by atoms with van der Waals surface area (Å²) in [6.45, 7) is 2.04. The van der Waals surface area contributed by atoms with Crippen molar-refractivity contribution in [2.75, 3.05) is 0 Å². The molecular formula is C14H14N2O. The fourth-order valence-electron chi connectivity index (χ4n) is 1.91. The van der Waals surface area contributed by atoms with Gasteiger partial charge in [-0.15, -0.1) is 0 Å². The van der Waals surface area contributed by atoms with Crippen molar-refractivity contribution in [2.45, 2.75) is 12.8 Å². The van der Waals surface area contributed by atoms with E-state index in [0.29, 0.717) is 5.56 Å². The summed E-state index contributed by atoms with van der Waals surface area (Å²) in [7, 11) is 0. The molecule has 1 heterocycles. The zero-order valence-electron chi connectivity index (χ0n) is 9.63. The van der Waals surface area contributed by atoms with Crippen molar-refractivity contribution in [3.8, 4) is 0 Å². The van der Waals surface area contributed by atoms with Crippen molar-refractivity contribution in [3.63, 3.8) is 0 Å². The number of carbonyl (C=O) groups is 1. The first kappa shape index (κ1) is 11.3. The van der Waals surface area contributed by atoms with Gasteiger partial charge in [0.15, 0.2) is 0 Å². The minimum Gasteiger partial charge on any atom is -0.366 e. The normalized spacial score (nSPS) is 12.1. The first-order valence-electron chi connectivity index (χ1n) is 5.49. The maximum atomic E-state index is 11.4. The number of pyridine rings is 1. The van der Waals surface area contributed by atoms with Gasteiger partial charge in [0, 0.05) is 23.9 Å². The van der Waals surface area contributed by atoms with E-state index in [4.69, 9.17) is 5.73 Å². The highest BCUT2D eigenvalue weighted by Crippen LogP contribution is 2.25. The summed E-state index contributed by atoms with van der Waals surface area (Å²) in [5.41, 5.74) is 7.96. The molecule has 2 rings (SSSR count). The van der Waals surface area contributed by atoms with E-state index in [0.717, 1.165) is 11.1 Å². The zero-order chi connectivity index (χ0) is 12.3. The van der Waals surface area contributed by atoms with Gasteiger partial charge in [-0.2, -0.15) is 0 Å². The number of aromatic nitrogens is 1. The number of hydrogen-bond acceptors (Lipinski definition) is 2. The van der Waals surface area contributed by atoms with Crippen molar-refractivity contribution in [3.05, 3.63) is 65.5 Å². The van der Waals surface area contributed by atoms with Crippen LogP contribution in [-0.4, -0.2) is 10.9 Å². The van der Waals surface area contributed by atoms with Crippen LogP contribution in [0.2, 0.25) is 0 Å². The fourth-order valence-corrected chi connectivity index (χ4v) is 1.91. The Balaban J connectivity index is 2.44. The lowest BCUT2D eigenvalue weighted by Gasteiger charge is -2.14. The standard InChI is InChI=1S/C14H14N2O/c1-10(11-5-4-8-16-9-11)12-6-2-3-7-13(12)14(15)17/h2-10H,1H3,(H2,15,17). The molecule has 0 bridgehead atoms. The van der Waals surface area contributed by atoms with E-state index < -0.39 is 5.91 Å². The maximum Gasteiger partial charge on any atom is 0.248 e. The molecule has 2 aromatic rings. The molecule has 2 N–H and O–H groups in total. The fraction of sp³-hybridized carbons (Fsp3) is 0.143. The molecule has 17 heavy (non-hydrogen) atoms. The van der Waals surface area contributed by atoms with E-state index >= 15 is 0 Å². The van der Waals surface area contributed by atoms with Crippen LogP contribution >= 0.6 is 0 Å². The Labute approximate surface area is 100 Å². The van der Waals surface area contributed by atoms with Gasteiger partial charge in [-0.3, -0.25) is 9.78 Å². The quantitative estimate of drug-likeness (QED) is 0.873. The van der Waals surface area contributed by atoms with Crippen molar-refractivity contribution in [1.82, 2.24) is 4.98 Å². The lowest BCUT2D eigenvalue weighted by Crippen LogP contribution is -2.15. The largest absolute Gasteiger partial charge is 0.366 e. The van der Waals surface area contributed by atoms with Gasteiger partial charge in [0.25, 0.3) is 0 Å². The molecular weight excluding hydrogens is 212 g/mol. The predicted molar refractivity (Wildman–Crippen MR) is 66.7 cm³/mol. The van der Waals surface area contributed by atoms with Gasteiger partial charge >= 0.3 is 0 Å². The van der Waals surface area contributed by atoms with Crippen LogP contribution in [-0.2, 0) is 0 Å². The molecule has 1 aromatic heterocycles. The number of amides is 1. The molecule has 0 aliphatic heterocycles. The molecule has 1 unspecified atom stereocenters. The van der Waals surface area contributed by atoms with Crippen molar-refractivity contribution in [1.29, 1.82) is 0 Å². The van der Waals surface area contributed by atoms with E-state index in [9.17, 15) is 4.79 Å². The second-order valence-electron chi connectivity index (χ2n) is 3.96. The number of primary amides is 1. The maximum absolute atomic E-state index is 11.4. The summed E-state index contributed by atoms with van der Waals surface area (Å²) in [6, 6.07) is 11.3. The van der Waals surface area contributed by atoms with E-state index in [1.165, 1.54) is 0 Å². The third kappa shape index (κ3) is 2.33. The first-order valence-corrected chi connectivity index (χ1v) is 5.49. The minimum absolute atomic E-state index is 0.104. The number of benzene rings is 1. The second kappa shape index (κ2) is 4.78. The van der Waals surface area contributed by atoms with Crippen LogP contribution in [0.15, 0.2) is 48.8 Å². The third-order valence-corrected chi connectivity index (χ3v) is 2.88. The van der Waals surface area contributed by atoms with Crippen molar-refractivity contribution in [2.24, 2.45) is 5.73 Å². The monoisotopic (exact) mass is 226 g/mol. The number of carbonyl (C=O) groups excluding carboxylic acids is 1. The number of nitrogens with zero attached hydrogens (tertiary/aromatic N) is 1. The highest BCUT2D eigenvalue weighted by atomic mass is 16.1. The minimum atomic E-state index is -0.392. The van der Waals surface area contributed by atoms with Gasteiger partial charge in [-0.25, -0.2) is 0 Å². The first-order chi connectivity index (χ1) is 8.20. The molecule has 86 valence electrons. The van der Waals surface area contributed by atoms with E-state index in [-0.39, 0.29) is 5.92 Å². The van der Waals surface area contributed by atoms with Crippen LogP contribution in [0, 0.1) is 0 Å². The van der Waals surface area contributed by atoms with Crippen LogP contribution in [0.4, 0.5) is 0 Å². The van der Waals surface area contributed by atoms with Crippen LogP contribution < -0.4 is 5.73 Å². The average molecular weight is 226 g/mol. The summed E-state index contributed by atoms with van der Waals surface area (Å²) in [4.78, 5) is 15.5. The van der Waals surface area contributed by atoms with E-state index in [1.54, 1.807) is 12.3 Å². The predicted octanol–water partition coefficient (Wildman–Crippen LogP) is 2.33. The van der Waals surface area contributed by atoms with Gasteiger partial charge in [-0.1, -0.05) is 31.2 Å². The summed E-state index contributed by atoms with van der Waals surface area (Å²) in [5.74, 6) is -0.288. The smallest absolute Gasteiger partial charge is 0.248 e. The second-order valence-corrected chi connectivity index (χ2v) is 3.96. The molecule has 1 amide bonds. The number of rotatable bonds is 3. The van der Waals surface area contributed by atoms with Gasteiger partial charge in [0.1, 0.15) is 0 Å². The summed E-state index contributed by atoms with van der Waals surface area (Å²) >= 11 is 0. The van der Waals surface area contributed by atoms with Crippen LogP contribution in [0.3, 0.4) is 0 Å². The molecule has 0 radical (unpaired) electrons.